The smallest absolute Gasteiger partial charge is 0.303 e. The third kappa shape index (κ3) is 3.31. The van der Waals surface area contributed by atoms with Crippen LogP contribution in [-0.2, 0) is 9.53 Å². The number of rotatable bonds is 5. The fourth-order valence-electron chi connectivity index (χ4n) is 2.24. The zero-order chi connectivity index (χ0) is 13.0. The van der Waals surface area contributed by atoms with Gasteiger partial charge in [0.25, 0.3) is 0 Å². The van der Waals surface area contributed by atoms with Gasteiger partial charge in [-0.1, -0.05) is 24.3 Å². The van der Waals surface area contributed by atoms with Gasteiger partial charge in [-0.2, -0.15) is 0 Å². The molecule has 2 rings (SSSR count). The summed E-state index contributed by atoms with van der Waals surface area (Å²) >= 11 is 0. The Balaban J connectivity index is 1.95. The van der Waals surface area contributed by atoms with E-state index in [0.29, 0.717) is 6.42 Å². The van der Waals surface area contributed by atoms with Crippen molar-refractivity contribution in [3.05, 3.63) is 35.4 Å². The maximum Gasteiger partial charge on any atom is 0.303 e. The van der Waals surface area contributed by atoms with Gasteiger partial charge in [-0.3, -0.25) is 4.79 Å². The molecule has 1 saturated heterocycles. The molecule has 18 heavy (non-hydrogen) atoms. The van der Waals surface area contributed by atoms with E-state index in [4.69, 9.17) is 15.6 Å². The van der Waals surface area contributed by atoms with Gasteiger partial charge >= 0.3 is 5.97 Å². The normalized spacial score (nSPS) is 20.8. The average Bonchev–Trinajstić information content (AvgIpc) is 2.90. The molecule has 4 nitrogen and oxygen atoms in total. The van der Waals surface area contributed by atoms with E-state index in [1.165, 1.54) is 5.56 Å². The maximum atomic E-state index is 10.5. The van der Waals surface area contributed by atoms with Crippen LogP contribution in [0, 0.1) is 0 Å². The van der Waals surface area contributed by atoms with Crippen molar-refractivity contribution in [1.82, 2.24) is 0 Å². The molecule has 1 aromatic rings. The number of nitrogens with two attached hydrogens (primary N) is 1. The molecular formula is C14H19NO3. The molecule has 0 bridgehead atoms. The Labute approximate surface area is 107 Å². The second-order valence-corrected chi connectivity index (χ2v) is 4.71. The molecular weight excluding hydrogens is 230 g/mol. The van der Waals surface area contributed by atoms with Crippen molar-refractivity contribution in [2.24, 2.45) is 5.73 Å². The summed E-state index contributed by atoms with van der Waals surface area (Å²) < 4.78 is 5.61. The summed E-state index contributed by atoms with van der Waals surface area (Å²) in [5.41, 5.74) is 8.12. The maximum absolute atomic E-state index is 10.5. The van der Waals surface area contributed by atoms with E-state index in [2.05, 4.69) is 0 Å². The predicted molar refractivity (Wildman–Crippen MR) is 68.2 cm³/mol. The minimum absolute atomic E-state index is 0.106. The van der Waals surface area contributed by atoms with Gasteiger partial charge in [0.1, 0.15) is 0 Å². The first-order chi connectivity index (χ1) is 8.66. The molecule has 98 valence electrons. The lowest BCUT2D eigenvalue weighted by molar-refractivity contribution is -0.137. The van der Waals surface area contributed by atoms with E-state index < -0.39 is 5.97 Å². The molecule has 3 N–H and O–H groups in total. The zero-order valence-electron chi connectivity index (χ0n) is 10.3. The van der Waals surface area contributed by atoms with Crippen molar-refractivity contribution in [2.75, 3.05) is 6.61 Å². The Kier molecular flexibility index (Phi) is 4.33. The Bertz CT molecular complexity index is 396. The van der Waals surface area contributed by atoms with Crippen molar-refractivity contribution in [3.8, 4) is 0 Å². The second kappa shape index (κ2) is 5.98. The third-order valence-electron chi connectivity index (χ3n) is 3.34. The van der Waals surface area contributed by atoms with Crippen LogP contribution in [-0.4, -0.2) is 17.7 Å². The number of carboxylic acid groups (broad SMARTS) is 1. The number of ether oxygens (including phenoxy) is 1. The van der Waals surface area contributed by atoms with Crippen molar-refractivity contribution in [2.45, 2.75) is 37.8 Å². The molecule has 0 saturated carbocycles. The second-order valence-electron chi connectivity index (χ2n) is 4.71. The fraction of sp³-hybridized carbons (Fsp3) is 0.500. The molecule has 4 heteroatoms. The molecule has 0 aliphatic carbocycles. The van der Waals surface area contributed by atoms with Gasteiger partial charge in [0.05, 0.1) is 6.10 Å². The van der Waals surface area contributed by atoms with Crippen LogP contribution in [0.4, 0.5) is 0 Å². The van der Waals surface area contributed by atoms with E-state index in [0.717, 1.165) is 25.0 Å². The lowest BCUT2D eigenvalue weighted by Crippen LogP contribution is -2.12. The van der Waals surface area contributed by atoms with Gasteiger partial charge in [0.2, 0.25) is 0 Å². The van der Waals surface area contributed by atoms with E-state index in [1.54, 1.807) is 0 Å². The van der Waals surface area contributed by atoms with E-state index in [-0.39, 0.29) is 18.6 Å². The molecule has 0 radical (unpaired) electrons. The Hall–Kier alpha value is -1.39. The molecule has 1 aliphatic heterocycles. The lowest BCUT2D eigenvalue weighted by atomic mass is 9.99. The van der Waals surface area contributed by atoms with Gasteiger partial charge in [0.15, 0.2) is 0 Å². The summed E-state index contributed by atoms with van der Waals surface area (Å²) in [7, 11) is 0. The van der Waals surface area contributed by atoms with Crippen LogP contribution in [0.5, 0.6) is 0 Å². The van der Waals surface area contributed by atoms with Crippen molar-refractivity contribution in [1.29, 1.82) is 0 Å². The van der Waals surface area contributed by atoms with Crippen LogP contribution in [0.25, 0.3) is 0 Å². The minimum atomic E-state index is -0.804. The molecule has 1 aliphatic rings. The molecule has 2 unspecified atom stereocenters. The van der Waals surface area contributed by atoms with Crippen LogP contribution in [0.3, 0.4) is 0 Å². The summed E-state index contributed by atoms with van der Waals surface area (Å²) in [6, 6.07) is 7.81. The Morgan fingerprint density at radius 1 is 1.44 bits per heavy atom. The highest BCUT2D eigenvalue weighted by Gasteiger charge is 2.17. The number of hydrogen-bond donors (Lipinski definition) is 2. The Morgan fingerprint density at radius 2 is 2.17 bits per heavy atom. The van der Waals surface area contributed by atoms with Gasteiger partial charge < -0.3 is 15.6 Å². The summed E-state index contributed by atoms with van der Waals surface area (Å²) in [6.07, 6.45) is 2.98. The van der Waals surface area contributed by atoms with Gasteiger partial charge in [-0.15, -0.1) is 0 Å². The summed E-state index contributed by atoms with van der Waals surface area (Å²) in [4.78, 5) is 10.5. The highest BCUT2D eigenvalue weighted by atomic mass is 16.5. The average molecular weight is 249 g/mol. The SMILES string of the molecule is NC(CCC(=O)O)c1ccc(C2CCCO2)cc1. The first kappa shape index (κ1) is 13.1. The van der Waals surface area contributed by atoms with Gasteiger partial charge in [0, 0.05) is 19.1 Å². The molecule has 0 aromatic heterocycles. The quantitative estimate of drug-likeness (QED) is 0.840. The van der Waals surface area contributed by atoms with Crippen molar-refractivity contribution < 1.29 is 14.6 Å². The molecule has 1 heterocycles. The summed E-state index contributed by atoms with van der Waals surface area (Å²) in [6.45, 7) is 0.838. The highest BCUT2D eigenvalue weighted by molar-refractivity contribution is 5.66. The van der Waals surface area contributed by atoms with Gasteiger partial charge in [-0.05, 0) is 30.4 Å². The highest BCUT2D eigenvalue weighted by Crippen LogP contribution is 2.29. The van der Waals surface area contributed by atoms with Gasteiger partial charge in [-0.25, -0.2) is 0 Å². The first-order valence-electron chi connectivity index (χ1n) is 6.35. The van der Waals surface area contributed by atoms with E-state index in [9.17, 15) is 4.79 Å². The number of aliphatic carboxylic acids is 1. The van der Waals surface area contributed by atoms with Crippen molar-refractivity contribution in [3.63, 3.8) is 0 Å². The predicted octanol–water partition coefficient (Wildman–Crippen LogP) is 2.40. The minimum Gasteiger partial charge on any atom is -0.481 e. The van der Waals surface area contributed by atoms with E-state index in [1.807, 2.05) is 24.3 Å². The largest absolute Gasteiger partial charge is 0.481 e. The number of carboxylic acids is 1. The third-order valence-corrected chi connectivity index (χ3v) is 3.34. The van der Waals surface area contributed by atoms with Crippen LogP contribution in [0.1, 0.15) is 49.0 Å². The molecule has 1 aromatic carbocycles. The van der Waals surface area contributed by atoms with Crippen molar-refractivity contribution >= 4 is 5.97 Å². The monoisotopic (exact) mass is 249 g/mol. The molecule has 1 fully saturated rings. The fourth-order valence-corrected chi connectivity index (χ4v) is 2.24. The van der Waals surface area contributed by atoms with Crippen LogP contribution >= 0.6 is 0 Å². The lowest BCUT2D eigenvalue weighted by Gasteiger charge is -2.13. The number of benzene rings is 1. The standard InChI is InChI=1S/C14H19NO3/c15-12(7-8-14(16)17)10-3-5-11(6-4-10)13-2-1-9-18-13/h3-6,12-13H,1-2,7-9,15H2,(H,16,17). The summed E-state index contributed by atoms with van der Waals surface area (Å²) in [5, 5.41) is 8.62. The molecule has 2 atom stereocenters. The summed E-state index contributed by atoms with van der Waals surface area (Å²) in [5.74, 6) is -0.804. The van der Waals surface area contributed by atoms with Crippen LogP contribution < -0.4 is 5.73 Å². The Morgan fingerprint density at radius 3 is 2.72 bits per heavy atom. The molecule has 0 amide bonds. The first-order valence-corrected chi connectivity index (χ1v) is 6.35. The molecule has 0 spiro atoms. The van der Waals surface area contributed by atoms with E-state index >= 15 is 0 Å². The number of hydrogen-bond acceptors (Lipinski definition) is 3. The zero-order valence-corrected chi connectivity index (χ0v) is 10.3. The van der Waals surface area contributed by atoms with Crippen LogP contribution in [0.15, 0.2) is 24.3 Å². The number of carbonyl (C=O) groups is 1. The topological polar surface area (TPSA) is 72.6 Å². The van der Waals surface area contributed by atoms with Crippen LogP contribution in [0.2, 0.25) is 0 Å².